The van der Waals surface area contributed by atoms with Crippen molar-refractivity contribution in [1.29, 1.82) is 0 Å². The summed E-state index contributed by atoms with van der Waals surface area (Å²) in [7, 11) is 0. The Labute approximate surface area is 120 Å². The van der Waals surface area contributed by atoms with E-state index in [4.69, 9.17) is 11.6 Å². The monoisotopic (exact) mass is 353 g/mol. The summed E-state index contributed by atoms with van der Waals surface area (Å²) in [6.45, 7) is 0. The fourth-order valence-electron chi connectivity index (χ4n) is 1.49. The van der Waals surface area contributed by atoms with Gasteiger partial charge in [-0.25, -0.2) is 4.68 Å². The zero-order chi connectivity index (χ0) is 14.0. The molecule has 1 aromatic heterocycles. The van der Waals surface area contributed by atoms with E-state index in [9.17, 15) is 13.2 Å². The highest BCUT2D eigenvalue weighted by molar-refractivity contribution is 9.10. The van der Waals surface area contributed by atoms with Crippen LogP contribution in [0.3, 0.4) is 0 Å². The van der Waals surface area contributed by atoms with Crippen LogP contribution in [-0.4, -0.2) is 20.9 Å². The van der Waals surface area contributed by atoms with Crippen LogP contribution in [0.1, 0.15) is 11.3 Å². The van der Waals surface area contributed by atoms with E-state index in [0.29, 0.717) is 22.5 Å². The molecule has 0 aliphatic rings. The van der Waals surface area contributed by atoms with Crippen LogP contribution in [-0.2, 0) is 12.6 Å². The zero-order valence-electron chi connectivity index (χ0n) is 9.46. The van der Waals surface area contributed by atoms with Crippen LogP contribution in [0.5, 0.6) is 0 Å². The molecule has 1 heterocycles. The Balaban J connectivity index is 2.42. The van der Waals surface area contributed by atoms with Gasteiger partial charge in [-0.3, -0.25) is 0 Å². The zero-order valence-corrected chi connectivity index (χ0v) is 11.8. The average Bonchev–Trinajstić information content (AvgIpc) is 2.77. The van der Waals surface area contributed by atoms with Crippen LogP contribution in [0.15, 0.2) is 28.9 Å². The molecular weight excluding hydrogens is 346 g/mol. The Kier molecular flexibility index (Phi) is 4.15. The van der Waals surface area contributed by atoms with Crippen LogP contribution in [0.2, 0.25) is 0 Å². The molecule has 3 nitrogen and oxygen atoms in total. The Hall–Kier alpha value is -1.08. The van der Waals surface area contributed by atoms with E-state index in [2.05, 4.69) is 26.2 Å². The van der Waals surface area contributed by atoms with Crippen molar-refractivity contribution >= 4 is 27.5 Å². The number of alkyl halides is 4. The third-order valence-electron chi connectivity index (χ3n) is 2.41. The van der Waals surface area contributed by atoms with Gasteiger partial charge in [-0.2, -0.15) is 13.2 Å². The maximum atomic E-state index is 12.7. The Morgan fingerprint density at radius 2 is 2.05 bits per heavy atom. The number of halogens is 5. The number of benzene rings is 1. The average molecular weight is 355 g/mol. The SMILES string of the molecule is FC(F)(F)c1ccc(Br)c(-n2cc(CCCl)nn2)c1. The lowest BCUT2D eigenvalue weighted by molar-refractivity contribution is -0.137. The van der Waals surface area contributed by atoms with Crippen molar-refractivity contribution in [2.45, 2.75) is 12.6 Å². The lowest BCUT2D eigenvalue weighted by Gasteiger charge is -2.10. The fourth-order valence-corrected chi connectivity index (χ4v) is 2.11. The smallest absolute Gasteiger partial charge is 0.219 e. The topological polar surface area (TPSA) is 30.7 Å². The normalized spacial score (nSPS) is 11.8. The second-order valence-electron chi connectivity index (χ2n) is 3.76. The Morgan fingerprint density at radius 3 is 2.68 bits per heavy atom. The van der Waals surface area contributed by atoms with Gasteiger partial charge in [0.1, 0.15) is 0 Å². The van der Waals surface area contributed by atoms with Gasteiger partial charge in [-0.15, -0.1) is 16.7 Å². The van der Waals surface area contributed by atoms with E-state index >= 15 is 0 Å². The molecular formula is C11H8BrClF3N3. The van der Waals surface area contributed by atoms with Crippen molar-refractivity contribution in [2.75, 3.05) is 5.88 Å². The molecule has 0 radical (unpaired) electrons. The molecule has 0 N–H and O–H groups in total. The summed E-state index contributed by atoms with van der Waals surface area (Å²) in [6.07, 6.45) is -2.32. The molecule has 0 spiro atoms. The highest BCUT2D eigenvalue weighted by Crippen LogP contribution is 2.33. The Bertz CT molecular complexity index is 583. The van der Waals surface area contributed by atoms with Gasteiger partial charge in [-0.05, 0) is 34.1 Å². The van der Waals surface area contributed by atoms with Gasteiger partial charge >= 0.3 is 6.18 Å². The van der Waals surface area contributed by atoms with Gasteiger partial charge in [0, 0.05) is 16.8 Å². The quantitative estimate of drug-likeness (QED) is 0.784. The molecule has 19 heavy (non-hydrogen) atoms. The summed E-state index contributed by atoms with van der Waals surface area (Å²) in [5.74, 6) is 0.377. The third kappa shape index (κ3) is 3.27. The van der Waals surface area contributed by atoms with Crippen molar-refractivity contribution in [3.8, 4) is 5.69 Å². The van der Waals surface area contributed by atoms with E-state index in [0.717, 1.165) is 12.1 Å². The van der Waals surface area contributed by atoms with Crippen LogP contribution in [0.25, 0.3) is 5.69 Å². The van der Waals surface area contributed by atoms with Gasteiger partial charge in [0.2, 0.25) is 0 Å². The molecule has 0 bridgehead atoms. The van der Waals surface area contributed by atoms with Gasteiger partial charge in [0.25, 0.3) is 0 Å². The van der Waals surface area contributed by atoms with E-state index in [1.54, 1.807) is 6.20 Å². The highest BCUT2D eigenvalue weighted by atomic mass is 79.9. The number of hydrogen-bond acceptors (Lipinski definition) is 2. The predicted molar refractivity (Wildman–Crippen MR) is 68.5 cm³/mol. The van der Waals surface area contributed by atoms with Crippen LogP contribution in [0.4, 0.5) is 13.2 Å². The maximum Gasteiger partial charge on any atom is 0.416 e. The Morgan fingerprint density at radius 1 is 1.32 bits per heavy atom. The number of rotatable bonds is 3. The van der Waals surface area contributed by atoms with E-state index < -0.39 is 11.7 Å². The minimum absolute atomic E-state index is 0.281. The lowest BCUT2D eigenvalue weighted by Crippen LogP contribution is -2.07. The van der Waals surface area contributed by atoms with Gasteiger partial charge in [0.05, 0.1) is 23.1 Å². The first-order valence-corrected chi connectivity index (χ1v) is 6.59. The van der Waals surface area contributed by atoms with Gasteiger partial charge in [0.15, 0.2) is 0 Å². The van der Waals surface area contributed by atoms with Crippen molar-refractivity contribution < 1.29 is 13.2 Å². The summed E-state index contributed by atoms with van der Waals surface area (Å²) < 4.78 is 39.8. The van der Waals surface area contributed by atoms with Crippen molar-refractivity contribution in [3.63, 3.8) is 0 Å². The number of aromatic nitrogens is 3. The van der Waals surface area contributed by atoms with E-state index in [1.807, 2.05) is 0 Å². The predicted octanol–water partition coefficient (Wildman–Crippen LogP) is 3.83. The molecule has 0 atom stereocenters. The van der Waals surface area contributed by atoms with Crippen molar-refractivity contribution in [1.82, 2.24) is 15.0 Å². The molecule has 0 aliphatic heterocycles. The van der Waals surface area contributed by atoms with Gasteiger partial charge < -0.3 is 0 Å². The van der Waals surface area contributed by atoms with E-state index in [1.165, 1.54) is 10.7 Å². The number of aryl methyl sites for hydroxylation is 1. The fraction of sp³-hybridized carbons (Fsp3) is 0.273. The molecule has 2 rings (SSSR count). The minimum Gasteiger partial charge on any atom is -0.219 e. The second kappa shape index (κ2) is 5.50. The molecule has 0 aliphatic carbocycles. The maximum absolute atomic E-state index is 12.7. The summed E-state index contributed by atoms with van der Waals surface area (Å²) in [5.41, 5.74) is 0.169. The molecule has 8 heteroatoms. The summed E-state index contributed by atoms with van der Waals surface area (Å²) in [4.78, 5) is 0. The van der Waals surface area contributed by atoms with E-state index in [-0.39, 0.29) is 5.69 Å². The molecule has 0 saturated carbocycles. The summed E-state index contributed by atoms with van der Waals surface area (Å²) in [6, 6.07) is 3.36. The third-order valence-corrected chi connectivity index (χ3v) is 3.27. The van der Waals surface area contributed by atoms with Crippen molar-refractivity contribution in [3.05, 3.63) is 40.1 Å². The first-order chi connectivity index (χ1) is 8.91. The summed E-state index contributed by atoms with van der Waals surface area (Å²) >= 11 is 8.77. The van der Waals surface area contributed by atoms with Gasteiger partial charge in [-0.1, -0.05) is 5.21 Å². The van der Waals surface area contributed by atoms with Crippen LogP contribution >= 0.6 is 27.5 Å². The standard InChI is InChI=1S/C11H8BrClF3N3/c12-9-2-1-7(11(14,15)16)5-10(9)19-6-8(3-4-13)17-18-19/h1-2,5-6H,3-4H2. The van der Waals surface area contributed by atoms with Crippen LogP contribution in [0, 0.1) is 0 Å². The largest absolute Gasteiger partial charge is 0.416 e. The molecule has 1 aromatic carbocycles. The number of nitrogens with zero attached hydrogens (tertiary/aromatic N) is 3. The highest BCUT2D eigenvalue weighted by Gasteiger charge is 2.31. The van der Waals surface area contributed by atoms with Crippen molar-refractivity contribution in [2.24, 2.45) is 0 Å². The molecule has 0 amide bonds. The summed E-state index contributed by atoms with van der Waals surface area (Å²) in [5, 5.41) is 7.64. The molecule has 0 unspecified atom stereocenters. The van der Waals surface area contributed by atoms with Crippen LogP contribution < -0.4 is 0 Å². The molecule has 0 fully saturated rings. The first kappa shape index (κ1) is 14.3. The first-order valence-electron chi connectivity index (χ1n) is 5.26. The lowest BCUT2D eigenvalue weighted by atomic mass is 10.2. The molecule has 102 valence electrons. The molecule has 0 saturated heterocycles. The molecule has 2 aromatic rings. The minimum atomic E-state index is -4.39. The number of hydrogen-bond donors (Lipinski definition) is 0. The second-order valence-corrected chi connectivity index (χ2v) is 4.99.